The number of amides is 1. The van der Waals surface area contributed by atoms with Crippen molar-refractivity contribution in [2.24, 2.45) is 5.92 Å². The molecule has 20 heavy (non-hydrogen) atoms. The first kappa shape index (κ1) is 14.5. The van der Waals surface area contributed by atoms with E-state index < -0.39 is 5.97 Å². The summed E-state index contributed by atoms with van der Waals surface area (Å²) in [7, 11) is 0. The van der Waals surface area contributed by atoms with Gasteiger partial charge in [0.15, 0.2) is 0 Å². The zero-order chi connectivity index (χ0) is 14.9. The molecule has 0 aromatic carbocycles. The maximum absolute atomic E-state index is 11.9. The topological polar surface area (TPSA) is 93.4 Å². The number of carbonyl (C=O) groups is 2. The molecule has 106 valence electrons. The molecule has 1 fully saturated rings. The number of carboxylic acids is 1. The maximum atomic E-state index is 11.9. The van der Waals surface area contributed by atoms with Crippen LogP contribution in [0.4, 0.5) is 5.00 Å². The van der Waals surface area contributed by atoms with Gasteiger partial charge in [0, 0.05) is 18.0 Å². The van der Waals surface area contributed by atoms with Gasteiger partial charge < -0.3 is 10.4 Å². The predicted molar refractivity (Wildman–Crippen MR) is 74.7 cm³/mol. The van der Waals surface area contributed by atoms with E-state index in [1.54, 1.807) is 4.90 Å². The van der Waals surface area contributed by atoms with Crippen LogP contribution in [0.15, 0.2) is 0 Å². The molecule has 0 bridgehead atoms. The van der Waals surface area contributed by atoms with Crippen LogP contribution in [0.5, 0.6) is 0 Å². The van der Waals surface area contributed by atoms with Gasteiger partial charge in [0.25, 0.3) is 0 Å². The molecule has 2 rings (SSSR count). The minimum atomic E-state index is -0.821. The summed E-state index contributed by atoms with van der Waals surface area (Å²) >= 11 is 1.38. The van der Waals surface area contributed by atoms with Crippen molar-refractivity contribution in [3.63, 3.8) is 0 Å². The van der Waals surface area contributed by atoms with E-state index in [4.69, 9.17) is 10.4 Å². The fourth-order valence-corrected chi connectivity index (χ4v) is 3.10. The van der Waals surface area contributed by atoms with Crippen LogP contribution in [0, 0.1) is 31.1 Å². The van der Waals surface area contributed by atoms with Crippen LogP contribution in [0.3, 0.4) is 0 Å². The second-order valence-electron chi connectivity index (χ2n) is 4.88. The highest BCUT2D eigenvalue weighted by Crippen LogP contribution is 2.31. The van der Waals surface area contributed by atoms with Crippen molar-refractivity contribution in [3.05, 3.63) is 16.0 Å². The van der Waals surface area contributed by atoms with Gasteiger partial charge in [-0.1, -0.05) is 0 Å². The quantitative estimate of drug-likeness (QED) is 0.869. The van der Waals surface area contributed by atoms with Crippen molar-refractivity contribution >= 4 is 28.2 Å². The normalized spacial score (nSPS) is 15.4. The second-order valence-corrected chi connectivity index (χ2v) is 6.10. The highest BCUT2D eigenvalue weighted by atomic mass is 32.1. The minimum absolute atomic E-state index is 0.157. The highest BCUT2D eigenvalue weighted by molar-refractivity contribution is 7.16. The number of hydrogen-bond acceptors (Lipinski definition) is 5. The molecule has 0 unspecified atom stereocenters. The summed E-state index contributed by atoms with van der Waals surface area (Å²) < 4.78 is 0. The third kappa shape index (κ3) is 2.81. The number of thiophene rings is 1. The zero-order valence-corrected chi connectivity index (χ0v) is 12.1. The van der Waals surface area contributed by atoms with Crippen LogP contribution in [0.1, 0.15) is 16.0 Å². The van der Waals surface area contributed by atoms with Gasteiger partial charge >= 0.3 is 5.97 Å². The average molecular weight is 293 g/mol. The summed E-state index contributed by atoms with van der Waals surface area (Å²) in [5.74, 6) is -1.41. The van der Waals surface area contributed by atoms with E-state index in [0.29, 0.717) is 23.7 Å². The SMILES string of the molecule is Cc1sc(NC(=O)CN2CC(C(=O)O)C2)c(C#N)c1C. The number of aryl methyl sites for hydroxylation is 1. The summed E-state index contributed by atoms with van der Waals surface area (Å²) in [4.78, 5) is 25.3. The smallest absolute Gasteiger partial charge is 0.309 e. The highest BCUT2D eigenvalue weighted by Gasteiger charge is 2.33. The third-order valence-corrected chi connectivity index (χ3v) is 4.55. The first-order chi connectivity index (χ1) is 9.42. The fraction of sp³-hybridized carbons (Fsp3) is 0.462. The molecule has 1 saturated heterocycles. The van der Waals surface area contributed by atoms with Gasteiger partial charge in [-0.25, -0.2) is 0 Å². The van der Waals surface area contributed by atoms with Crippen molar-refractivity contribution in [2.45, 2.75) is 13.8 Å². The lowest BCUT2D eigenvalue weighted by atomic mass is 10.0. The summed E-state index contributed by atoms with van der Waals surface area (Å²) in [5.41, 5.74) is 1.40. The van der Waals surface area contributed by atoms with Gasteiger partial charge in [0.2, 0.25) is 5.91 Å². The van der Waals surface area contributed by atoms with Crippen molar-refractivity contribution < 1.29 is 14.7 Å². The molecule has 1 amide bonds. The Hall–Kier alpha value is -1.91. The van der Waals surface area contributed by atoms with Crippen LogP contribution in [0.2, 0.25) is 0 Å². The molecule has 0 radical (unpaired) electrons. The number of rotatable bonds is 4. The van der Waals surface area contributed by atoms with Crippen LogP contribution in [0.25, 0.3) is 0 Å². The Bertz CT molecular complexity index is 597. The standard InChI is InChI=1S/C13H15N3O3S/c1-7-8(2)20-12(10(7)3-14)15-11(17)6-16-4-9(5-16)13(18)19/h9H,4-6H2,1-2H3,(H,15,17)(H,18,19). The van der Waals surface area contributed by atoms with E-state index in [1.165, 1.54) is 11.3 Å². The minimum Gasteiger partial charge on any atom is -0.481 e. The number of likely N-dealkylation sites (tertiary alicyclic amines) is 1. The zero-order valence-electron chi connectivity index (χ0n) is 11.3. The molecular formula is C13H15N3O3S. The number of carbonyl (C=O) groups excluding carboxylic acids is 1. The number of anilines is 1. The molecule has 0 aliphatic carbocycles. The lowest BCUT2D eigenvalue weighted by Gasteiger charge is -2.35. The van der Waals surface area contributed by atoms with E-state index in [9.17, 15) is 9.59 Å². The van der Waals surface area contributed by atoms with E-state index >= 15 is 0 Å². The number of carboxylic acid groups (broad SMARTS) is 1. The Balaban J connectivity index is 1.92. The van der Waals surface area contributed by atoms with Gasteiger partial charge in [-0.15, -0.1) is 11.3 Å². The first-order valence-electron chi connectivity index (χ1n) is 6.17. The van der Waals surface area contributed by atoms with Crippen LogP contribution in [-0.4, -0.2) is 41.5 Å². The number of nitrogens with one attached hydrogen (secondary N) is 1. The lowest BCUT2D eigenvalue weighted by molar-refractivity contribution is -0.148. The van der Waals surface area contributed by atoms with Crippen molar-refractivity contribution in [3.8, 4) is 6.07 Å². The molecule has 2 N–H and O–H groups in total. The average Bonchev–Trinajstić information content (AvgIpc) is 2.58. The molecule has 6 nitrogen and oxygen atoms in total. The molecule has 1 aromatic heterocycles. The number of nitrogens with zero attached hydrogens (tertiary/aromatic N) is 2. The molecule has 7 heteroatoms. The van der Waals surface area contributed by atoms with Crippen LogP contribution in [-0.2, 0) is 9.59 Å². The van der Waals surface area contributed by atoms with E-state index in [2.05, 4.69) is 11.4 Å². The van der Waals surface area contributed by atoms with Gasteiger partial charge in [0.05, 0.1) is 18.0 Å². The summed E-state index contributed by atoms with van der Waals surface area (Å²) in [6.45, 7) is 4.72. The van der Waals surface area contributed by atoms with Crippen LogP contribution < -0.4 is 5.32 Å². The monoisotopic (exact) mass is 293 g/mol. The Kier molecular flexibility index (Phi) is 4.06. The second kappa shape index (κ2) is 5.61. The Labute approximate surface area is 120 Å². The molecule has 0 saturated carbocycles. The first-order valence-corrected chi connectivity index (χ1v) is 6.99. The van der Waals surface area contributed by atoms with Gasteiger partial charge in [-0.2, -0.15) is 5.26 Å². The van der Waals surface area contributed by atoms with Crippen molar-refractivity contribution in [2.75, 3.05) is 25.0 Å². The van der Waals surface area contributed by atoms with Gasteiger partial charge in [-0.3, -0.25) is 14.5 Å². The van der Waals surface area contributed by atoms with E-state index in [0.717, 1.165) is 10.4 Å². The van der Waals surface area contributed by atoms with Gasteiger partial charge in [0.1, 0.15) is 11.1 Å². The summed E-state index contributed by atoms with van der Waals surface area (Å²) in [6.07, 6.45) is 0. The molecule has 0 spiro atoms. The molecule has 0 atom stereocenters. The molecule has 1 aromatic rings. The predicted octanol–water partition coefficient (Wildman–Crippen LogP) is 1.19. The Morgan fingerprint density at radius 2 is 2.15 bits per heavy atom. The molecular weight excluding hydrogens is 278 g/mol. The number of aliphatic carboxylic acids is 1. The number of nitriles is 1. The largest absolute Gasteiger partial charge is 0.481 e. The van der Waals surface area contributed by atoms with Crippen LogP contribution >= 0.6 is 11.3 Å². The van der Waals surface area contributed by atoms with E-state index in [-0.39, 0.29) is 18.4 Å². The molecule has 1 aliphatic rings. The summed E-state index contributed by atoms with van der Waals surface area (Å²) in [6, 6.07) is 2.10. The molecule has 2 heterocycles. The number of hydrogen-bond donors (Lipinski definition) is 2. The maximum Gasteiger partial charge on any atom is 0.309 e. The Morgan fingerprint density at radius 3 is 2.70 bits per heavy atom. The van der Waals surface area contributed by atoms with Gasteiger partial charge in [-0.05, 0) is 19.4 Å². The summed E-state index contributed by atoms with van der Waals surface area (Å²) in [5, 5.41) is 21.2. The van der Waals surface area contributed by atoms with Crippen molar-refractivity contribution in [1.29, 1.82) is 5.26 Å². The third-order valence-electron chi connectivity index (χ3n) is 3.42. The molecule has 1 aliphatic heterocycles. The Morgan fingerprint density at radius 1 is 1.50 bits per heavy atom. The lowest BCUT2D eigenvalue weighted by Crippen LogP contribution is -2.52. The van der Waals surface area contributed by atoms with Crippen molar-refractivity contribution in [1.82, 2.24) is 4.90 Å². The fourth-order valence-electron chi connectivity index (χ4n) is 2.07. The van der Waals surface area contributed by atoms with E-state index in [1.807, 2.05) is 13.8 Å².